The summed E-state index contributed by atoms with van der Waals surface area (Å²) >= 11 is 1.35. The van der Waals surface area contributed by atoms with E-state index in [0.29, 0.717) is 22.1 Å². The van der Waals surface area contributed by atoms with Crippen molar-refractivity contribution in [3.05, 3.63) is 66.2 Å². The fraction of sp³-hybridized carbons (Fsp3) is 0.111. The predicted molar refractivity (Wildman–Crippen MR) is 89.7 cm³/mol. The number of thioether (sulfide) groups is 1. The SMILES string of the molecule is CSc1nc(-c2ccccc2)cc(-c2cccc(C(F)(F)F)c2)n1. The number of halogens is 3. The Hall–Kier alpha value is -2.34. The first-order valence-corrected chi connectivity index (χ1v) is 8.36. The van der Waals surface area contributed by atoms with Crippen LogP contribution in [0.25, 0.3) is 22.5 Å². The molecule has 2 nitrogen and oxygen atoms in total. The molecule has 0 saturated heterocycles. The fourth-order valence-corrected chi connectivity index (χ4v) is 2.66. The maximum absolute atomic E-state index is 12.9. The van der Waals surface area contributed by atoms with Crippen LogP contribution in [0.15, 0.2) is 65.8 Å². The second kappa shape index (κ2) is 6.65. The van der Waals surface area contributed by atoms with Gasteiger partial charge in [0, 0.05) is 11.1 Å². The standard InChI is InChI=1S/C18H13F3N2S/c1-24-17-22-15(12-6-3-2-4-7-12)11-16(23-17)13-8-5-9-14(10-13)18(19,20)21/h2-11H,1H3. The Morgan fingerprint density at radius 2 is 1.42 bits per heavy atom. The lowest BCUT2D eigenvalue weighted by atomic mass is 10.1. The van der Waals surface area contributed by atoms with Crippen molar-refractivity contribution in [1.82, 2.24) is 9.97 Å². The largest absolute Gasteiger partial charge is 0.416 e. The molecule has 0 bridgehead atoms. The van der Waals surface area contributed by atoms with Crippen LogP contribution in [0.1, 0.15) is 5.56 Å². The highest BCUT2D eigenvalue weighted by molar-refractivity contribution is 7.98. The molecule has 0 atom stereocenters. The Kier molecular flexibility index (Phi) is 4.57. The van der Waals surface area contributed by atoms with Gasteiger partial charge < -0.3 is 0 Å². The first-order valence-electron chi connectivity index (χ1n) is 7.13. The van der Waals surface area contributed by atoms with E-state index in [2.05, 4.69) is 9.97 Å². The van der Waals surface area contributed by atoms with Crippen molar-refractivity contribution in [2.45, 2.75) is 11.3 Å². The zero-order valence-corrected chi connectivity index (χ0v) is 13.5. The van der Waals surface area contributed by atoms with Crippen LogP contribution in [-0.2, 0) is 6.18 Å². The van der Waals surface area contributed by atoms with E-state index in [0.717, 1.165) is 17.7 Å². The molecule has 0 saturated carbocycles. The average Bonchev–Trinajstić information content (AvgIpc) is 2.61. The molecule has 1 heterocycles. The first kappa shape index (κ1) is 16.5. The van der Waals surface area contributed by atoms with Crippen LogP contribution in [0, 0.1) is 0 Å². The van der Waals surface area contributed by atoms with E-state index in [1.54, 1.807) is 12.1 Å². The maximum Gasteiger partial charge on any atom is 0.416 e. The van der Waals surface area contributed by atoms with Crippen molar-refractivity contribution in [2.24, 2.45) is 0 Å². The van der Waals surface area contributed by atoms with Gasteiger partial charge in [0.15, 0.2) is 5.16 Å². The van der Waals surface area contributed by atoms with Crippen LogP contribution in [0.4, 0.5) is 13.2 Å². The first-order chi connectivity index (χ1) is 11.5. The summed E-state index contributed by atoms with van der Waals surface area (Å²) in [4.78, 5) is 8.80. The molecule has 24 heavy (non-hydrogen) atoms. The minimum absolute atomic E-state index is 0.416. The molecule has 0 unspecified atom stereocenters. The van der Waals surface area contributed by atoms with Gasteiger partial charge in [-0.05, 0) is 24.5 Å². The Morgan fingerprint density at radius 1 is 0.792 bits per heavy atom. The van der Waals surface area contributed by atoms with Gasteiger partial charge in [-0.25, -0.2) is 9.97 Å². The van der Waals surface area contributed by atoms with E-state index in [9.17, 15) is 13.2 Å². The zero-order chi connectivity index (χ0) is 17.2. The van der Waals surface area contributed by atoms with Crippen molar-refractivity contribution in [2.75, 3.05) is 6.26 Å². The van der Waals surface area contributed by atoms with Crippen LogP contribution >= 0.6 is 11.8 Å². The summed E-state index contributed by atoms with van der Waals surface area (Å²) in [5.74, 6) is 0. The molecular formula is C18H13F3N2S. The molecule has 3 aromatic rings. The second-order valence-electron chi connectivity index (χ2n) is 5.07. The summed E-state index contributed by atoms with van der Waals surface area (Å²) in [5.41, 5.74) is 1.77. The smallest absolute Gasteiger partial charge is 0.222 e. The molecular weight excluding hydrogens is 333 g/mol. The highest BCUT2D eigenvalue weighted by Crippen LogP contribution is 2.33. The van der Waals surface area contributed by atoms with Gasteiger partial charge in [-0.3, -0.25) is 0 Å². The van der Waals surface area contributed by atoms with Gasteiger partial charge >= 0.3 is 6.18 Å². The monoisotopic (exact) mass is 346 g/mol. The van der Waals surface area contributed by atoms with Crippen molar-refractivity contribution in [3.63, 3.8) is 0 Å². The second-order valence-corrected chi connectivity index (χ2v) is 5.84. The number of rotatable bonds is 3. The van der Waals surface area contributed by atoms with Crippen LogP contribution in [0.5, 0.6) is 0 Å². The lowest BCUT2D eigenvalue weighted by Gasteiger charge is -2.10. The minimum Gasteiger partial charge on any atom is -0.222 e. The molecule has 0 radical (unpaired) electrons. The van der Waals surface area contributed by atoms with Crippen molar-refractivity contribution >= 4 is 11.8 Å². The lowest BCUT2D eigenvalue weighted by molar-refractivity contribution is -0.137. The van der Waals surface area contributed by atoms with Crippen LogP contribution < -0.4 is 0 Å². The summed E-state index contributed by atoms with van der Waals surface area (Å²) in [7, 11) is 0. The summed E-state index contributed by atoms with van der Waals surface area (Å²) in [5, 5.41) is 0.517. The number of benzene rings is 2. The highest BCUT2D eigenvalue weighted by atomic mass is 32.2. The van der Waals surface area contributed by atoms with Gasteiger partial charge in [-0.2, -0.15) is 13.2 Å². The van der Waals surface area contributed by atoms with E-state index in [1.807, 2.05) is 36.6 Å². The molecule has 3 rings (SSSR count). The number of hydrogen-bond donors (Lipinski definition) is 0. The van der Waals surface area contributed by atoms with Gasteiger partial charge in [0.2, 0.25) is 0 Å². The van der Waals surface area contributed by atoms with E-state index in [1.165, 1.54) is 17.8 Å². The molecule has 0 aliphatic rings. The van der Waals surface area contributed by atoms with Gasteiger partial charge in [0.05, 0.1) is 17.0 Å². The lowest BCUT2D eigenvalue weighted by Crippen LogP contribution is -2.04. The molecule has 6 heteroatoms. The third-order valence-corrected chi connectivity index (χ3v) is 3.99. The molecule has 0 spiro atoms. The number of alkyl halides is 3. The van der Waals surface area contributed by atoms with E-state index < -0.39 is 11.7 Å². The zero-order valence-electron chi connectivity index (χ0n) is 12.7. The van der Waals surface area contributed by atoms with E-state index in [4.69, 9.17) is 0 Å². The summed E-state index contributed by atoms with van der Waals surface area (Å²) < 4.78 is 38.8. The maximum atomic E-state index is 12.9. The third kappa shape index (κ3) is 3.59. The molecule has 0 fully saturated rings. The van der Waals surface area contributed by atoms with Crippen LogP contribution in [0.3, 0.4) is 0 Å². The number of aromatic nitrogens is 2. The van der Waals surface area contributed by atoms with Gasteiger partial charge in [0.1, 0.15) is 0 Å². The Bertz CT molecular complexity index is 848. The molecule has 0 N–H and O–H groups in total. The topological polar surface area (TPSA) is 25.8 Å². The van der Waals surface area contributed by atoms with Crippen molar-refractivity contribution < 1.29 is 13.2 Å². The minimum atomic E-state index is -4.38. The Morgan fingerprint density at radius 3 is 2.04 bits per heavy atom. The molecule has 1 aromatic heterocycles. The number of nitrogens with zero attached hydrogens (tertiary/aromatic N) is 2. The van der Waals surface area contributed by atoms with Crippen molar-refractivity contribution in [3.8, 4) is 22.5 Å². The highest BCUT2D eigenvalue weighted by Gasteiger charge is 2.30. The van der Waals surface area contributed by atoms with Crippen LogP contribution in [-0.4, -0.2) is 16.2 Å². The van der Waals surface area contributed by atoms with Gasteiger partial charge in [-0.15, -0.1) is 0 Å². The summed E-state index contributed by atoms with van der Waals surface area (Å²) in [6, 6.07) is 16.4. The molecule has 0 aliphatic heterocycles. The molecule has 122 valence electrons. The van der Waals surface area contributed by atoms with E-state index >= 15 is 0 Å². The molecule has 2 aromatic carbocycles. The Balaban J connectivity index is 2.12. The normalized spacial score (nSPS) is 11.5. The molecule has 0 aliphatic carbocycles. The number of hydrogen-bond acceptors (Lipinski definition) is 3. The van der Waals surface area contributed by atoms with Crippen LogP contribution in [0.2, 0.25) is 0 Å². The van der Waals surface area contributed by atoms with Gasteiger partial charge in [0.25, 0.3) is 0 Å². The van der Waals surface area contributed by atoms with Gasteiger partial charge in [-0.1, -0.05) is 54.2 Å². The fourth-order valence-electron chi connectivity index (χ4n) is 2.28. The summed E-state index contributed by atoms with van der Waals surface area (Å²) in [6.45, 7) is 0. The predicted octanol–water partition coefficient (Wildman–Crippen LogP) is 5.55. The Labute approximate surface area is 141 Å². The van der Waals surface area contributed by atoms with Crippen molar-refractivity contribution in [1.29, 1.82) is 0 Å². The third-order valence-electron chi connectivity index (χ3n) is 3.44. The van der Waals surface area contributed by atoms with E-state index in [-0.39, 0.29) is 0 Å². The molecule has 0 amide bonds. The quantitative estimate of drug-likeness (QED) is 0.459. The average molecular weight is 346 g/mol. The summed E-state index contributed by atoms with van der Waals surface area (Å²) in [6.07, 6.45) is -2.55.